The molecule has 0 amide bonds. The first-order valence-electron chi connectivity index (χ1n) is 8.86. The Morgan fingerprint density at radius 3 is 2.08 bits per heavy atom. The van der Waals surface area contributed by atoms with Crippen molar-refractivity contribution < 1.29 is 9.53 Å². The molecule has 3 aromatic rings. The Morgan fingerprint density at radius 1 is 0.958 bits per heavy atom. The predicted octanol–water partition coefficient (Wildman–Crippen LogP) is 6.11. The molecule has 0 aliphatic carbocycles. The van der Waals surface area contributed by atoms with E-state index in [1.54, 1.807) is 0 Å². The smallest absolute Gasteiger partial charge is 0.314 e. The highest BCUT2D eigenvalue weighted by atomic mass is 16.5. The van der Waals surface area contributed by atoms with Crippen LogP contribution in [0.15, 0.2) is 54.6 Å². The molecule has 3 rings (SSSR count). The molecular weight excluding hydrogens is 296 g/mol. The molecule has 1 atom stereocenters. The number of rotatable bonds is 6. The maximum atomic E-state index is 12.7. The van der Waals surface area contributed by atoms with Crippen LogP contribution in [0, 0.1) is 5.92 Å². The van der Waals surface area contributed by atoms with E-state index in [0.717, 1.165) is 47.2 Å². The average molecular weight is 320 g/mol. The Hall–Kier alpha value is -2.35. The van der Waals surface area contributed by atoms with Gasteiger partial charge >= 0.3 is 5.97 Å². The van der Waals surface area contributed by atoms with Gasteiger partial charge in [-0.1, -0.05) is 75.2 Å². The molecule has 124 valence electrons. The minimum absolute atomic E-state index is 0.0253. The van der Waals surface area contributed by atoms with Crippen LogP contribution < -0.4 is 4.74 Å². The number of carbonyl (C=O) groups excluding carboxylic acids is 1. The fourth-order valence-electron chi connectivity index (χ4n) is 3.20. The molecule has 0 aliphatic rings. The summed E-state index contributed by atoms with van der Waals surface area (Å²) in [5.41, 5.74) is 0. The third-order valence-corrected chi connectivity index (χ3v) is 4.66. The minimum Gasteiger partial charge on any atom is -0.425 e. The van der Waals surface area contributed by atoms with Crippen molar-refractivity contribution in [3.63, 3.8) is 0 Å². The number of benzene rings is 3. The number of unbranched alkanes of at least 4 members (excludes halogenated alkanes) is 1. The molecule has 0 saturated carbocycles. The molecule has 0 aromatic heterocycles. The topological polar surface area (TPSA) is 26.3 Å². The first-order chi connectivity index (χ1) is 11.7. The molecule has 0 N–H and O–H groups in total. The lowest BCUT2D eigenvalue weighted by Gasteiger charge is -2.16. The van der Waals surface area contributed by atoms with Gasteiger partial charge in [0.15, 0.2) is 0 Å². The van der Waals surface area contributed by atoms with Gasteiger partial charge in [0.2, 0.25) is 0 Å². The van der Waals surface area contributed by atoms with Gasteiger partial charge in [-0.2, -0.15) is 0 Å². The normalized spacial score (nSPS) is 12.4. The minimum atomic E-state index is -0.104. The molecule has 0 aliphatic heterocycles. The number of esters is 1. The van der Waals surface area contributed by atoms with Gasteiger partial charge in [-0.3, -0.25) is 4.79 Å². The summed E-state index contributed by atoms with van der Waals surface area (Å²) in [4.78, 5) is 12.7. The number of fused-ring (bicyclic) bond motifs is 2. The summed E-state index contributed by atoms with van der Waals surface area (Å²) in [5, 5.41) is 4.19. The van der Waals surface area contributed by atoms with Crippen LogP contribution in [0.3, 0.4) is 0 Å². The molecule has 2 nitrogen and oxygen atoms in total. The Kier molecular flexibility index (Phi) is 5.14. The largest absolute Gasteiger partial charge is 0.425 e. The van der Waals surface area contributed by atoms with Crippen LogP contribution in [0.4, 0.5) is 0 Å². The quantitative estimate of drug-likeness (QED) is 0.311. The van der Waals surface area contributed by atoms with Crippen LogP contribution in [0.5, 0.6) is 5.75 Å². The van der Waals surface area contributed by atoms with Crippen LogP contribution in [0.25, 0.3) is 21.5 Å². The summed E-state index contributed by atoms with van der Waals surface area (Å²) in [6.45, 7) is 4.21. The SMILES string of the molecule is CCCCC(CC)C(=O)Oc1c2ccccc2cc2ccccc12. The molecule has 1 unspecified atom stereocenters. The van der Waals surface area contributed by atoms with Gasteiger partial charge < -0.3 is 4.74 Å². The fourth-order valence-corrected chi connectivity index (χ4v) is 3.20. The van der Waals surface area contributed by atoms with Crippen LogP contribution >= 0.6 is 0 Å². The number of carbonyl (C=O) groups is 1. The molecule has 0 saturated heterocycles. The molecule has 3 aromatic carbocycles. The molecule has 24 heavy (non-hydrogen) atoms. The van der Waals surface area contributed by atoms with Crippen molar-refractivity contribution in [1.29, 1.82) is 0 Å². The van der Waals surface area contributed by atoms with Gasteiger partial charge in [0, 0.05) is 10.8 Å². The second-order valence-electron chi connectivity index (χ2n) is 6.32. The van der Waals surface area contributed by atoms with Gasteiger partial charge in [0.05, 0.1) is 5.92 Å². The lowest BCUT2D eigenvalue weighted by atomic mass is 9.99. The van der Waals surface area contributed by atoms with Crippen LogP contribution in [0.1, 0.15) is 39.5 Å². The number of hydrogen-bond donors (Lipinski definition) is 0. The van der Waals surface area contributed by atoms with Gasteiger partial charge in [-0.05, 0) is 29.7 Å². The number of ether oxygens (including phenoxy) is 1. The first-order valence-corrected chi connectivity index (χ1v) is 8.86. The molecule has 0 spiro atoms. The van der Waals surface area contributed by atoms with Crippen molar-refractivity contribution in [3.8, 4) is 5.75 Å². The Morgan fingerprint density at radius 2 is 1.54 bits per heavy atom. The highest BCUT2D eigenvalue weighted by molar-refractivity contribution is 6.06. The van der Waals surface area contributed by atoms with Crippen molar-refractivity contribution in [2.24, 2.45) is 5.92 Å². The predicted molar refractivity (Wildman–Crippen MR) is 100 cm³/mol. The standard InChI is InChI=1S/C22H24O2/c1-3-5-10-16(4-2)22(23)24-21-19-13-8-6-11-17(19)15-18-12-7-9-14-20(18)21/h6-9,11-16H,3-5,10H2,1-2H3. The lowest BCUT2D eigenvalue weighted by Crippen LogP contribution is -2.20. The van der Waals surface area contributed by atoms with E-state index < -0.39 is 0 Å². The van der Waals surface area contributed by atoms with E-state index in [2.05, 4.69) is 32.0 Å². The van der Waals surface area contributed by atoms with E-state index in [-0.39, 0.29) is 11.9 Å². The molecule has 0 radical (unpaired) electrons. The van der Waals surface area contributed by atoms with Crippen LogP contribution in [0.2, 0.25) is 0 Å². The zero-order valence-electron chi connectivity index (χ0n) is 14.4. The maximum Gasteiger partial charge on any atom is 0.314 e. The molecule has 0 bridgehead atoms. The zero-order valence-corrected chi connectivity index (χ0v) is 14.4. The Bertz CT molecular complexity index is 797. The van der Waals surface area contributed by atoms with Crippen molar-refractivity contribution in [1.82, 2.24) is 0 Å². The van der Waals surface area contributed by atoms with Crippen molar-refractivity contribution in [3.05, 3.63) is 54.6 Å². The van der Waals surface area contributed by atoms with Gasteiger partial charge in [0.1, 0.15) is 5.75 Å². The molecule has 0 fully saturated rings. The monoisotopic (exact) mass is 320 g/mol. The summed E-state index contributed by atoms with van der Waals surface area (Å²) >= 11 is 0. The Balaban J connectivity index is 2.04. The molecular formula is C22H24O2. The van der Waals surface area contributed by atoms with E-state index >= 15 is 0 Å². The fraction of sp³-hybridized carbons (Fsp3) is 0.318. The van der Waals surface area contributed by atoms with Gasteiger partial charge in [-0.25, -0.2) is 0 Å². The van der Waals surface area contributed by atoms with Crippen molar-refractivity contribution in [2.45, 2.75) is 39.5 Å². The third-order valence-electron chi connectivity index (χ3n) is 4.66. The van der Waals surface area contributed by atoms with Crippen LogP contribution in [-0.2, 0) is 4.79 Å². The number of hydrogen-bond acceptors (Lipinski definition) is 2. The van der Waals surface area contributed by atoms with E-state index in [4.69, 9.17) is 4.74 Å². The van der Waals surface area contributed by atoms with Crippen molar-refractivity contribution in [2.75, 3.05) is 0 Å². The zero-order chi connectivity index (χ0) is 16.9. The first kappa shape index (κ1) is 16.5. The van der Waals surface area contributed by atoms with Crippen LogP contribution in [-0.4, -0.2) is 5.97 Å². The summed E-state index contributed by atoms with van der Waals surface area (Å²) in [6, 6.07) is 18.3. The second-order valence-corrected chi connectivity index (χ2v) is 6.32. The maximum absolute atomic E-state index is 12.7. The molecule has 2 heteroatoms. The third kappa shape index (κ3) is 3.28. The highest BCUT2D eigenvalue weighted by Crippen LogP contribution is 2.35. The second kappa shape index (κ2) is 7.48. The van der Waals surface area contributed by atoms with E-state index in [9.17, 15) is 4.79 Å². The average Bonchev–Trinajstić information content (AvgIpc) is 2.62. The van der Waals surface area contributed by atoms with Crippen molar-refractivity contribution >= 4 is 27.5 Å². The van der Waals surface area contributed by atoms with Gasteiger partial charge in [-0.15, -0.1) is 0 Å². The highest BCUT2D eigenvalue weighted by Gasteiger charge is 2.20. The summed E-state index contributed by atoms with van der Waals surface area (Å²) in [7, 11) is 0. The van der Waals surface area contributed by atoms with E-state index in [1.165, 1.54) is 0 Å². The van der Waals surface area contributed by atoms with Gasteiger partial charge in [0.25, 0.3) is 0 Å². The van der Waals surface area contributed by atoms with E-state index in [0.29, 0.717) is 5.75 Å². The molecule has 0 heterocycles. The Labute approximate surface area is 143 Å². The summed E-state index contributed by atoms with van der Waals surface area (Å²) < 4.78 is 5.95. The van der Waals surface area contributed by atoms with E-state index in [1.807, 2.05) is 36.4 Å². The lowest BCUT2D eigenvalue weighted by molar-refractivity contribution is -0.139. The summed E-state index contributed by atoms with van der Waals surface area (Å²) in [5.74, 6) is 0.568. The summed E-state index contributed by atoms with van der Waals surface area (Å²) in [6.07, 6.45) is 3.88.